The summed E-state index contributed by atoms with van der Waals surface area (Å²) in [5.74, 6) is 0.678. The lowest BCUT2D eigenvalue weighted by atomic mass is 10.1. The summed E-state index contributed by atoms with van der Waals surface area (Å²) in [5.41, 5.74) is 4.90. The fraction of sp³-hybridized carbons (Fsp3) is 0.391. The summed E-state index contributed by atoms with van der Waals surface area (Å²) in [7, 11) is 0. The number of rotatable bonds is 4. The minimum Gasteiger partial charge on any atom is -0.305 e. The third-order valence-electron chi connectivity index (χ3n) is 5.83. The maximum atomic E-state index is 12.8. The van der Waals surface area contributed by atoms with E-state index in [4.69, 9.17) is 9.97 Å². The molecule has 2 aliphatic rings. The number of hydrogen-bond donors (Lipinski definition) is 1. The molecule has 4 heterocycles. The topological polar surface area (TPSA) is 74.2 Å². The highest BCUT2D eigenvalue weighted by Crippen LogP contribution is 2.29. The van der Waals surface area contributed by atoms with Crippen LogP contribution in [0.3, 0.4) is 0 Å². The van der Waals surface area contributed by atoms with Gasteiger partial charge in [0.15, 0.2) is 5.82 Å². The number of aromatic nitrogens is 3. The van der Waals surface area contributed by atoms with E-state index in [-0.39, 0.29) is 5.56 Å². The van der Waals surface area contributed by atoms with Crippen LogP contribution in [0.2, 0.25) is 0 Å². The number of thiazole rings is 1. The predicted molar refractivity (Wildman–Crippen MR) is 120 cm³/mol. The Labute approximate surface area is 179 Å². The molecule has 2 aliphatic heterocycles. The second kappa shape index (κ2) is 8.24. The van der Waals surface area contributed by atoms with Crippen LogP contribution >= 0.6 is 11.3 Å². The van der Waals surface area contributed by atoms with Gasteiger partial charge in [0, 0.05) is 43.0 Å². The van der Waals surface area contributed by atoms with E-state index in [1.54, 1.807) is 11.3 Å². The molecular formula is C23H25N5OS. The summed E-state index contributed by atoms with van der Waals surface area (Å²) < 4.78 is 0. The predicted octanol–water partition coefficient (Wildman–Crippen LogP) is 3.73. The lowest BCUT2D eigenvalue weighted by Crippen LogP contribution is -2.36. The largest absolute Gasteiger partial charge is 0.305 e. The van der Waals surface area contributed by atoms with Crippen LogP contribution in [-0.4, -0.2) is 38.7 Å². The molecule has 0 fully saturated rings. The Kier molecular flexibility index (Phi) is 5.31. The van der Waals surface area contributed by atoms with Gasteiger partial charge < -0.3 is 4.98 Å². The number of hydrogen-bond acceptors (Lipinski definition) is 6. The van der Waals surface area contributed by atoms with Crippen molar-refractivity contribution in [3.05, 3.63) is 68.3 Å². The molecule has 0 radical (unpaired) electrons. The van der Waals surface area contributed by atoms with Crippen LogP contribution in [0.15, 0.2) is 40.1 Å². The highest BCUT2D eigenvalue weighted by molar-refractivity contribution is 7.15. The van der Waals surface area contributed by atoms with Gasteiger partial charge in [-0.15, -0.1) is 11.3 Å². The first-order valence-electron chi connectivity index (χ1n) is 10.6. The van der Waals surface area contributed by atoms with E-state index in [9.17, 15) is 4.79 Å². The highest BCUT2D eigenvalue weighted by atomic mass is 32.1. The maximum absolute atomic E-state index is 12.8. The Hall–Kier alpha value is -2.64. The number of aliphatic imine (C=N–C) groups is 1. The van der Waals surface area contributed by atoms with Crippen molar-refractivity contribution in [1.82, 2.24) is 19.9 Å². The minimum absolute atomic E-state index is 0.0148. The quantitative estimate of drug-likeness (QED) is 0.699. The lowest BCUT2D eigenvalue weighted by Gasteiger charge is -2.27. The van der Waals surface area contributed by atoms with Crippen molar-refractivity contribution in [2.24, 2.45) is 4.99 Å². The molecule has 5 rings (SSSR count). The van der Waals surface area contributed by atoms with Crippen molar-refractivity contribution in [1.29, 1.82) is 0 Å². The molecule has 0 unspecified atom stereocenters. The van der Waals surface area contributed by atoms with Crippen LogP contribution in [0.1, 0.15) is 46.9 Å². The van der Waals surface area contributed by atoms with E-state index in [1.165, 1.54) is 4.88 Å². The Morgan fingerprint density at radius 1 is 1.13 bits per heavy atom. The van der Waals surface area contributed by atoms with Gasteiger partial charge in [-0.25, -0.2) is 9.97 Å². The van der Waals surface area contributed by atoms with Gasteiger partial charge in [-0.05, 0) is 26.2 Å². The second-order valence-corrected chi connectivity index (χ2v) is 9.06. The van der Waals surface area contributed by atoms with E-state index in [0.717, 1.165) is 78.6 Å². The van der Waals surface area contributed by atoms with Gasteiger partial charge in [-0.1, -0.05) is 30.3 Å². The number of benzene rings is 1. The lowest BCUT2D eigenvalue weighted by molar-refractivity contribution is 0.243. The van der Waals surface area contributed by atoms with Crippen molar-refractivity contribution < 1.29 is 0 Å². The molecular weight excluding hydrogens is 394 g/mol. The van der Waals surface area contributed by atoms with Crippen molar-refractivity contribution >= 4 is 17.0 Å². The monoisotopic (exact) mass is 419 g/mol. The molecule has 0 saturated carbocycles. The molecule has 30 heavy (non-hydrogen) atoms. The summed E-state index contributed by atoms with van der Waals surface area (Å²) >= 11 is 1.74. The smallest absolute Gasteiger partial charge is 0.255 e. The summed E-state index contributed by atoms with van der Waals surface area (Å²) in [4.78, 5) is 33.5. The molecule has 0 saturated heterocycles. The van der Waals surface area contributed by atoms with Crippen molar-refractivity contribution in [2.75, 3.05) is 13.1 Å². The van der Waals surface area contributed by atoms with Gasteiger partial charge in [-0.3, -0.25) is 14.7 Å². The molecule has 0 aliphatic carbocycles. The van der Waals surface area contributed by atoms with E-state index >= 15 is 0 Å². The Balaban J connectivity index is 1.35. The van der Waals surface area contributed by atoms with E-state index in [0.29, 0.717) is 12.4 Å². The number of fused-ring (bicyclic) bond motifs is 1. The molecule has 0 amide bonds. The zero-order chi connectivity index (χ0) is 20.5. The summed E-state index contributed by atoms with van der Waals surface area (Å²) in [6, 6.07) is 10.3. The van der Waals surface area contributed by atoms with Gasteiger partial charge in [-0.2, -0.15) is 0 Å². The van der Waals surface area contributed by atoms with Crippen LogP contribution < -0.4 is 5.56 Å². The average Bonchev–Trinajstić information content (AvgIpc) is 3.15. The van der Waals surface area contributed by atoms with Gasteiger partial charge in [0.1, 0.15) is 5.01 Å². The molecule has 2 aromatic heterocycles. The number of aryl methyl sites for hydroxylation is 1. The van der Waals surface area contributed by atoms with Crippen LogP contribution in [0.5, 0.6) is 0 Å². The zero-order valence-corrected chi connectivity index (χ0v) is 18.0. The summed E-state index contributed by atoms with van der Waals surface area (Å²) in [6.45, 7) is 5.24. The van der Waals surface area contributed by atoms with E-state index < -0.39 is 0 Å². The number of H-pyrrole nitrogens is 1. The number of nitrogens with zero attached hydrogens (tertiary/aromatic N) is 4. The van der Waals surface area contributed by atoms with Crippen molar-refractivity contribution in [2.45, 2.75) is 45.7 Å². The normalized spacial score (nSPS) is 16.9. The number of nitrogens with one attached hydrogen (secondary N) is 1. The second-order valence-electron chi connectivity index (χ2n) is 7.98. The maximum Gasteiger partial charge on any atom is 0.255 e. The molecule has 0 bridgehead atoms. The van der Waals surface area contributed by atoms with Gasteiger partial charge in [0.05, 0.1) is 22.7 Å². The van der Waals surface area contributed by atoms with Gasteiger partial charge in [0.25, 0.3) is 5.56 Å². The SMILES string of the molecule is Cc1nc(-c2ccccc2)sc1CN1CCc2nc(C3=NCCCC3)[nH]c(=O)c2C1. The fourth-order valence-corrected chi connectivity index (χ4v) is 5.24. The standard InChI is InChI=1S/C23H25N5OS/c1-15-20(30-23(25-15)16-7-3-2-4-8-16)14-28-12-10-18-17(13-28)22(29)27-21(26-18)19-9-5-6-11-24-19/h2-4,7-8H,5-6,9-14H2,1H3,(H,26,27,29). The first kappa shape index (κ1) is 19.3. The Morgan fingerprint density at radius 2 is 2.00 bits per heavy atom. The highest BCUT2D eigenvalue weighted by Gasteiger charge is 2.24. The molecule has 1 N–H and O–H groups in total. The summed E-state index contributed by atoms with van der Waals surface area (Å²) in [5, 5.41) is 1.05. The van der Waals surface area contributed by atoms with Crippen LogP contribution in [0, 0.1) is 6.92 Å². The summed E-state index contributed by atoms with van der Waals surface area (Å²) in [6.07, 6.45) is 3.94. The minimum atomic E-state index is -0.0148. The molecule has 154 valence electrons. The molecule has 0 atom stereocenters. The van der Waals surface area contributed by atoms with E-state index in [2.05, 4.69) is 33.9 Å². The number of aromatic amines is 1. The Morgan fingerprint density at radius 3 is 2.80 bits per heavy atom. The Bertz CT molecular complexity index is 1150. The van der Waals surface area contributed by atoms with E-state index in [1.807, 2.05) is 18.2 Å². The van der Waals surface area contributed by atoms with Crippen LogP contribution in [-0.2, 0) is 19.5 Å². The first-order chi connectivity index (χ1) is 14.7. The molecule has 3 aromatic rings. The molecule has 7 heteroatoms. The van der Waals surface area contributed by atoms with Crippen molar-refractivity contribution in [3.63, 3.8) is 0 Å². The molecule has 6 nitrogen and oxygen atoms in total. The van der Waals surface area contributed by atoms with Crippen LogP contribution in [0.25, 0.3) is 10.6 Å². The average molecular weight is 420 g/mol. The molecule has 1 aromatic carbocycles. The van der Waals surface area contributed by atoms with Crippen LogP contribution in [0.4, 0.5) is 0 Å². The zero-order valence-electron chi connectivity index (χ0n) is 17.1. The third kappa shape index (κ3) is 3.87. The fourth-order valence-electron chi connectivity index (χ4n) is 4.13. The van der Waals surface area contributed by atoms with Gasteiger partial charge in [0.2, 0.25) is 0 Å². The first-order valence-corrected chi connectivity index (χ1v) is 11.4. The van der Waals surface area contributed by atoms with Gasteiger partial charge >= 0.3 is 0 Å². The third-order valence-corrected chi connectivity index (χ3v) is 7.02. The van der Waals surface area contributed by atoms with Crippen molar-refractivity contribution in [3.8, 4) is 10.6 Å². The molecule has 0 spiro atoms.